The molecule has 1 fully saturated rings. The Bertz CT molecular complexity index is 540. The fraction of sp³-hybridized carbons (Fsp3) is 0.429. The van der Waals surface area contributed by atoms with Crippen molar-refractivity contribution in [1.29, 1.82) is 0 Å². The summed E-state index contributed by atoms with van der Waals surface area (Å²) in [6, 6.07) is 5.69. The van der Waals surface area contributed by atoms with Crippen LogP contribution in [0.4, 0.5) is 10.5 Å². The predicted molar refractivity (Wildman–Crippen MR) is 70.4 cm³/mol. The molecule has 1 amide bonds. The number of cyclic esters (lactones) is 1. The number of aryl methyl sites for hydroxylation is 1. The third-order valence-electron chi connectivity index (χ3n) is 3.44. The van der Waals surface area contributed by atoms with E-state index in [-0.39, 0.29) is 13.0 Å². The number of carbonyl (C=O) groups excluding carboxylic acids is 1. The molecule has 1 aliphatic rings. The lowest BCUT2D eigenvalue weighted by Gasteiger charge is -2.20. The van der Waals surface area contributed by atoms with Gasteiger partial charge >= 0.3 is 12.1 Å². The van der Waals surface area contributed by atoms with E-state index in [0.29, 0.717) is 0 Å². The topological polar surface area (TPSA) is 66.8 Å². The number of hydrogen-bond donors (Lipinski definition) is 1. The normalized spacial score (nSPS) is 22.5. The molecule has 0 aliphatic carbocycles. The van der Waals surface area contributed by atoms with E-state index in [0.717, 1.165) is 16.8 Å². The number of carboxylic acid groups (broad SMARTS) is 1. The van der Waals surface area contributed by atoms with E-state index < -0.39 is 17.7 Å². The second kappa shape index (κ2) is 4.57. The van der Waals surface area contributed by atoms with E-state index in [9.17, 15) is 9.59 Å². The summed E-state index contributed by atoms with van der Waals surface area (Å²) in [7, 11) is 0. The van der Waals surface area contributed by atoms with Gasteiger partial charge in [-0.25, -0.2) is 4.79 Å². The number of ether oxygens (including phenoxy) is 1. The third kappa shape index (κ3) is 2.54. The number of carboxylic acids is 1. The van der Waals surface area contributed by atoms with E-state index in [2.05, 4.69) is 0 Å². The van der Waals surface area contributed by atoms with Crippen LogP contribution in [0.3, 0.4) is 0 Å². The lowest BCUT2D eigenvalue weighted by molar-refractivity contribution is -0.140. The molecule has 2 rings (SSSR count). The highest BCUT2D eigenvalue weighted by Crippen LogP contribution is 2.32. The monoisotopic (exact) mass is 263 g/mol. The molecule has 1 heterocycles. The highest BCUT2D eigenvalue weighted by Gasteiger charge is 2.44. The van der Waals surface area contributed by atoms with Crippen LogP contribution in [0.5, 0.6) is 0 Å². The molecule has 0 radical (unpaired) electrons. The van der Waals surface area contributed by atoms with Gasteiger partial charge in [-0.2, -0.15) is 0 Å². The predicted octanol–water partition coefficient (Wildman–Crippen LogP) is 2.49. The number of aliphatic carboxylic acids is 1. The van der Waals surface area contributed by atoms with Crippen molar-refractivity contribution in [3.05, 3.63) is 29.3 Å². The summed E-state index contributed by atoms with van der Waals surface area (Å²) in [5.74, 6) is -0.974. The van der Waals surface area contributed by atoms with Crippen LogP contribution in [-0.2, 0) is 9.53 Å². The van der Waals surface area contributed by atoms with Gasteiger partial charge in [0.2, 0.25) is 0 Å². The lowest BCUT2D eigenvalue weighted by Crippen LogP contribution is -2.34. The van der Waals surface area contributed by atoms with Crippen LogP contribution in [0.1, 0.15) is 24.5 Å². The highest BCUT2D eigenvalue weighted by atomic mass is 16.6. The van der Waals surface area contributed by atoms with Gasteiger partial charge in [0.05, 0.1) is 18.7 Å². The van der Waals surface area contributed by atoms with Crippen LogP contribution in [0.15, 0.2) is 18.2 Å². The van der Waals surface area contributed by atoms with Gasteiger partial charge in [-0.05, 0) is 38.0 Å². The highest BCUT2D eigenvalue weighted by molar-refractivity contribution is 5.92. The van der Waals surface area contributed by atoms with Crippen molar-refractivity contribution in [2.24, 2.45) is 0 Å². The van der Waals surface area contributed by atoms with Gasteiger partial charge in [0.25, 0.3) is 0 Å². The van der Waals surface area contributed by atoms with Gasteiger partial charge in [0.15, 0.2) is 0 Å². The van der Waals surface area contributed by atoms with E-state index in [1.807, 2.05) is 32.0 Å². The number of amides is 1. The first-order valence-electron chi connectivity index (χ1n) is 6.11. The molecule has 102 valence electrons. The summed E-state index contributed by atoms with van der Waals surface area (Å²) in [6.45, 7) is 5.80. The Hall–Kier alpha value is -2.04. The maximum Gasteiger partial charge on any atom is 0.415 e. The maximum absolute atomic E-state index is 11.9. The SMILES string of the molecule is Cc1cccc(N2CC(C)(CC(=O)O)OC2=O)c1C. The van der Waals surface area contributed by atoms with Crippen molar-refractivity contribution in [1.82, 2.24) is 0 Å². The molecular weight excluding hydrogens is 246 g/mol. The minimum absolute atomic E-state index is 0.194. The molecule has 0 saturated carbocycles. The number of rotatable bonds is 3. The average molecular weight is 263 g/mol. The number of anilines is 1. The molecule has 1 aliphatic heterocycles. The molecular formula is C14H17NO4. The molecule has 1 atom stereocenters. The Morgan fingerprint density at radius 3 is 2.79 bits per heavy atom. The van der Waals surface area contributed by atoms with Crippen molar-refractivity contribution in [3.63, 3.8) is 0 Å². The first-order chi connectivity index (χ1) is 8.82. The number of benzene rings is 1. The Balaban J connectivity index is 2.30. The van der Waals surface area contributed by atoms with Gasteiger partial charge in [-0.15, -0.1) is 0 Å². The van der Waals surface area contributed by atoms with Crippen molar-refractivity contribution >= 4 is 17.7 Å². The maximum atomic E-state index is 11.9. The fourth-order valence-electron chi connectivity index (χ4n) is 2.32. The Morgan fingerprint density at radius 2 is 2.16 bits per heavy atom. The van der Waals surface area contributed by atoms with Gasteiger partial charge in [0.1, 0.15) is 5.60 Å². The standard InChI is InChI=1S/C14H17NO4/c1-9-5-4-6-11(10(9)2)15-8-14(3,7-12(16)17)19-13(15)18/h4-6H,7-8H2,1-3H3,(H,16,17). The Kier molecular flexibility index (Phi) is 3.22. The molecule has 0 bridgehead atoms. The Labute approximate surface area is 111 Å². The van der Waals surface area contributed by atoms with Crippen molar-refractivity contribution in [2.45, 2.75) is 32.8 Å². The van der Waals surface area contributed by atoms with Crippen LogP contribution in [0.2, 0.25) is 0 Å². The molecule has 1 aromatic carbocycles. The summed E-state index contributed by atoms with van der Waals surface area (Å²) in [6.07, 6.45) is -0.683. The van der Waals surface area contributed by atoms with Crippen molar-refractivity contribution in [3.8, 4) is 0 Å². The first-order valence-corrected chi connectivity index (χ1v) is 6.11. The molecule has 1 unspecified atom stereocenters. The van der Waals surface area contributed by atoms with Gasteiger partial charge < -0.3 is 9.84 Å². The smallest absolute Gasteiger partial charge is 0.415 e. The molecule has 1 N–H and O–H groups in total. The molecule has 1 saturated heterocycles. The summed E-state index contributed by atoms with van der Waals surface area (Å²) in [5.41, 5.74) is 1.88. The van der Waals surface area contributed by atoms with E-state index in [1.165, 1.54) is 4.90 Å². The third-order valence-corrected chi connectivity index (χ3v) is 3.44. The lowest BCUT2D eigenvalue weighted by atomic mass is 10.0. The summed E-state index contributed by atoms with van der Waals surface area (Å²) in [4.78, 5) is 24.3. The summed E-state index contributed by atoms with van der Waals surface area (Å²) >= 11 is 0. The van der Waals surface area contributed by atoms with Crippen molar-refractivity contribution in [2.75, 3.05) is 11.4 Å². The van der Waals surface area contributed by atoms with Crippen LogP contribution in [0, 0.1) is 13.8 Å². The van der Waals surface area contributed by atoms with Crippen molar-refractivity contribution < 1.29 is 19.4 Å². The van der Waals surface area contributed by atoms with Gasteiger partial charge in [-0.3, -0.25) is 9.69 Å². The largest absolute Gasteiger partial charge is 0.481 e. The van der Waals surface area contributed by atoms with E-state index in [4.69, 9.17) is 9.84 Å². The van der Waals surface area contributed by atoms with Gasteiger partial charge in [0, 0.05) is 0 Å². The van der Waals surface area contributed by atoms with Gasteiger partial charge in [-0.1, -0.05) is 12.1 Å². The molecule has 5 heteroatoms. The number of carbonyl (C=O) groups is 2. The molecule has 5 nitrogen and oxygen atoms in total. The zero-order valence-corrected chi connectivity index (χ0v) is 11.3. The minimum Gasteiger partial charge on any atom is -0.481 e. The second-order valence-corrected chi connectivity index (χ2v) is 5.19. The summed E-state index contributed by atoms with van der Waals surface area (Å²) in [5, 5.41) is 8.87. The fourth-order valence-corrected chi connectivity index (χ4v) is 2.32. The van der Waals surface area contributed by atoms with Crippen LogP contribution in [0.25, 0.3) is 0 Å². The number of nitrogens with zero attached hydrogens (tertiary/aromatic N) is 1. The molecule has 0 spiro atoms. The minimum atomic E-state index is -0.974. The molecule has 1 aromatic rings. The first kappa shape index (κ1) is 13.4. The van der Waals surface area contributed by atoms with Crippen LogP contribution in [-0.4, -0.2) is 29.3 Å². The average Bonchev–Trinajstić information content (AvgIpc) is 2.56. The van der Waals surface area contributed by atoms with E-state index in [1.54, 1.807) is 6.92 Å². The molecule has 0 aromatic heterocycles. The summed E-state index contributed by atoms with van der Waals surface area (Å²) < 4.78 is 5.23. The second-order valence-electron chi connectivity index (χ2n) is 5.19. The van der Waals surface area contributed by atoms with E-state index >= 15 is 0 Å². The quantitative estimate of drug-likeness (QED) is 0.909. The Morgan fingerprint density at radius 1 is 1.47 bits per heavy atom. The molecule has 19 heavy (non-hydrogen) atoms. The van der Waals surface area contributed by atoms with Crippen LogP contribution < -0.4 is 4.90 Å². The van der Waals surface area contributed by atoms with Crippen LogP contribution >= 0.6 is 0 Å². The number of hydrogen-bond acceptors (Lipinski definition) is 3. The zero-order valence-electron chi connectivity index (χ0n) is 11.3. The zero-order chi connectivity index (χ0) is 14.2.